The lowest BCUT2D eigenvalue weighted by Crippen LogP contribution is -2.01. The van der Waals surface area contributed by atoms with Gasteiger partial charge in [-0.15, -0.1) is 0 Å². The first-order chi connectivity index (χ1) is 14.6. The zero-order valence-corrected chi connectivity index (χ0v) is 17.3. The molecular formula is C26H26O4. The SMILES string of the molecule is COCOc1cccc(-c2ccc(C)cc2)c1/C=C/CCc1ccc(C(=O)O)cc1. The van der Waals surface area contributed by atoms with E-state index < -0.39 is 5.97 Å². The number of hydrogen-bond donors (Lipinski definition) is 1. The van der Waals surface area contributed by atoms with Crippen LogP contribution in [0.3, 0.4) is 0 Å². The van der Waals surface area contributed by atoms with Gasteiger partial charge in [-0.1, -0.05) is 66.2 Å². The minimum Gasteiger partial charge on any atom is -0.478 e. The summed E-state index contributed by atoms with van der Waals surface area (Å²) in [4.78, 5) is 11.0. The molecule has 0 saturated carbocycles. The summed E-state index contributed by atoms with van der Waals surface area (Å²) in [5.41, 5.74) is 5.88. The van der Waals surface area contributed by atoms with Crippen LogP contribution in [0.1, 0.15) is 33.5 Å². The topological polar surface area (TPSA) is 55.8 Å². The molecule has 1 N–H and O–H groups in total. The first-order valence-corrected chi connectivity index (χ1v) is 9.89. The van der Waals surface area contributed by atoms with Gasteiger partial charge in [0, 0.05) is 12.7 Å². The van der Waals surface area contributed by atoms with Gasteiger partial charge in [-0.05, 0) is 54.7 Å². The minimum absolute atomic E-state index is 0.189. The zero-order chi connectivity index (χ0) is 21.3. The lowest BCUT2D eigenvalue weighted by Gasteiger charge is -2.13. The van der Waals surface area contributed by atoms with Gasteiger partial charge in [-0.3, -0.25) is 0 Å². The fraction of sp³-hybridized carbons (Fsp3) is 0.192. The molecule has 154 valence electrons. The Kier molecular flexibility index (Phi) is 7.41. The Morgan fingerprint density at radius 3 is 2.40 bits per heavy atom. The molecule has 4 heteroatoms. The minimum atomic E-state index is -0.905. The second kappa shape index (κ2) is 10.4. The lowest BCUT2D eigenvalue weighted by atomic mass is 9.97. The maximum Gasteiger partial charge on any atom is 0.335 e. The molecule has 0 heterocycles. The molecule has 0 radical (unpaired) electrons. The molecule has 0 fully saturated rings. The van der Waals surface area contributed by atoms with E-state index >= 15 is 0 Å². The molecule has 0 saturated heterocycles. The molecule has 3 rings (SSSR count). The molecule has 0 unspecified atom stereocenters. The number of allylic oxidation sites excluding steroid dienone is 1. The molecule has 4 nitrogen and oxygen atoms in total. The average Bonchev–Trinajstić information content (AvgIpc) is 2.76. The van der Waals surface area contributed by atoms with Gasteiger partial charge in [-0.25, -0.2) is 4.79 Å². The van der Waals surface area contributed by atoms with Crippen molar-refractivity contribution in [3.63, 3.8) is 0 Å². The van der Waals surface area contributed by atoms with Gasteiger partial charge in [0.15, 0.2) is 6.79 Å². The van der Waals surface area contributed by atoms with Crippen molar-refractivity contribution in [2.24, 2.45) is 0 Å². The van der Waals surface area contributed by atoms with Crippen LogP contribution in [-0.2, 0) is 11.2 Å². The number of aromatic carboxylic acids is 1. The Bertz CT molecular complexity index is 1000. The van der Waals surface area contributed by atoms with Crippen LogP contribution in [-0.4, -0.2) is 25.0 Å². The van der Waals surface area contributed by atoms with Crippen molar-refractivity contribution in [2.75, 3.05) is 13.9 Å². The van der Waals surface area contributed by atoms with Crippen LogP contribution in [0.4, 0.5) is 0 Å². The van der Waals surface area contributed by atoms with Gasteiger partial charge >= 0.3 is 5.97 Å². The van der Waals surface area contributed by atoms with E-state index in [0.29, 0.717) is 5.56 Å². The number of methoxy groups -OCH3 is 1. The molecule has 3 aromatic rings. The molecule has 0 aromatic heterocycles. The Balaban J connectivity index is 1.79. The van der Waals surface area contributed by atoms with Crippen LogP contribution >= 0.6 is 0 Å². The monoisotopic (exact) mass is 402 g/mol. The predicted molar refractivity (Wildman–Crippen MR) is 120 cm³/mol. The smallest absolute Gasteiger partial charge is 0.335 e. The summed E-state index contributed by atoms with van der Waals surface area (Å²) < 4.78 is 10.9. The largest absolute Gasteiger partial charge is 0.478 e. The van der Waals surface area contributed by atoms with Crippen LogP contribution in [0.2, 0.25) is 0 Å². The van der Waals surface area contributed by atoms with Gasteiger partial charge in [0.25, 0.3) is 0 Å². The predicted octanol–water partition coefficient (Wildman–Crippen LogP) is 5.99. The molecule has 0 spiro atoms. The fourth-order valence-electron chi connectivity index (χ4n) is 3.21. The first-order valence-electron chi connectivity index (χ1n) is 9.89. The van der Waals surface area contributed by atoms with Crippen LogP contribution in [0.5, 0.6) is 5.75 Å². The maximum atomic E-state index is 11.0. The molecule has 0 bridgehead atoms. The Morgan fingerprint density at radius 2 is 1.73 bits per heavy atom. The van der Waals surface area contributed by atoms with E-state index in [1.165, 1.54) is 5.56 Å². The highest BCUT2D eigenvalue weighted by Crippen LogP contribution is 2.32. The number of hydrogen-bond acceptors (Lipinski definition) is 3. The van der Waals surface area contributed by atoms with Crippen molar-refractivity contribution in [1.82, 2.24) is 0 Å². The normalized spacial score (nSPS) is 11.0. The van der Waals surface area contributed by atoms with E-state index in [1.807, 2.05) is 24.3 Å². The number of carbonyl (C=O) groups is 1. The summed E-state index contributed by atoms with van der Waals surface area (Å²) in [5, 5.41) is 9.01. The first kappa shape index (κ1) is 21.3. The van der Waals surface area contributed by atoms with E-state index in [1.54, 1.807) is 19.2 Å². The van der Waals surface area contributed by atoms with Gasteiger partial charge in [0.1, 0.15) is 5.75 Å². The third-order valence-corrected chi connectivity index (χ3v) is 4.85. The van der Waals surface area contributed by atoms with Gasteiger partial charge in [0.2, 0.25) is 0 Å². The standard InChI is InChI=1S/C26H26O4/c1-19-10-14-21(15-11-19)23-8-5-9-25(30-18-29-2)24(23)7-4-3-6-20-12-16-22(17-13-20)26(27)28/h4-5,7-17H,3,6,18H2,1-2H3,(H,27,28)/b7-4+. The number of carboxylic acid groups (broad SMARTS) is 1. The average molecular weight is 402 g/mol. The Hall–Kier alpha value is -3.37. The van der Waals surface area contributed by atoms with Gasteiger partial charge in [-0.2, -0.15) is 0 Å². The fourth-order valence-corrected chi connectivity index (χ4v) is 3.21. The summed E-state index contributed by atoms with van der Waals surface area (Å²) in [5.74, 6) is -0.130. The summed E-state index contributed by atoms with van der Waals surface area (Å²) in [6.07, 6.45) is 5.87. The molecular weight excluding hydrogens is 376 g/mol. The summed E-state index contributed by atoms with van der Waals surface area (Å²) >= 11 is 0. The van der Waals surface area contributed by atoms with Crippen molar-refractivity contribution in [3.8, 4) is 16.9 Å². The van der Waals surface area contributed by atoms with Crippen molar-refractivity contribution in [3.05, 3.63) is 95.1 Å². The second-order valence-electron chi connectivity index (χ2n) is 7.08. The van der Waals surface area contributed by atoms with E-state index in [0.717, 1.165) is 40.8 Å². The van der Waals surface area contributed by atoms with Crippen molar-refractivity contribution in [2.45, 2.75) is 19.8 Å². The highest BCUT2D eigenvalue weighted by atomic mass is 16.7. The molecule has 30 heavy (non-hydrogen) atoms. The van der Waals surface area contributed by atoms with Crippen molar-refractivity contribution in [1.29, 1.82) is 0 Å². The van der Waals surface area contributed by atoms with Crippen LogP contribution in [0, 0.1) is 6.92 Å². The van der Waals surface area contributed by atoms with Gasteiger partial charge < -0.3 is 14.6 Å². The number of aryl methyl sites for hydroxylation is 2. The highest BCUT2D eigenvalue weighted by molar-refractivity contribution is 5.87. The van der Waals surface area contributed by atoms with Gasteiger partial charge in [0.05, 0.1) is 5.56 Å². The third-order valence-electron chi connectivity index (χ3n) is 4.85. The second-order valence-corrected chi connectivity index (χ2v) is 7.08. The number of ether oxygens (including phenoxy) is 2. The van der Waals surface area contributed by atoms with Crippen molar-refractivity contribution >= 4 is 12.0 Å². The third kappa shape index (κ3) is 5.58. The highest BCUT2D eigenvalue weighted by Gasteiger charge is 2.09. The van der Waals surface area contributed by atoms with E-state index in [9.17, 15) is 4.79 Å². The molecule has 0 aliphatic heterocycles. The summed E-state index contributed by atoms with van der Waals surface area (Å²) in [6.45, 7) is 2.26. The summed E-state index contributed by atoms with van der Waals surface area (Å²) in [7, 11) is 1.61. The zero-order valence-electron chi connectivity index (χ0n) is 17.3. The number of benzene rings is 3. The quantitative estimate of drug-likeness (QED) is 0.447. The van der Waals surface area contributed by atoms with E-state index in [2.05, 4.69) is 49.4 Å². The van der Waals surface area contributed by atoms with E-state index in [-0.39, 0.29) is 6.79 Å². The van der Waals surface area contributed by atoms with Crippen LogP contribution in [0.25, 0.3) is 17.2 Å². The Labute approximate surface area is 177 Å². The molecule has 0 aliphatic rings. The molecule has 0 amide bonds. The number of rotatable bonds is 9. The summed E-state index contributed by atoms with van der Waals surface area (Å²) in [6, 6.07) is 21.5. The molecule has 0 atom stereocenters. The van der Waals surface area contributed by atoms with Crippen LogP contribution < -0.4 is 4.74 Å². The number of carboxylic acids is 1. The lowest BCUT2D eigenvalue weighted by molar-refractivity contribution is 0.0510. The van der Waals surface area contributed by atoms with Crippen LogP contribution in [0.15, 0.2) is 72.8 Å². The van der Waals surface area contributed by atoms with E-state index in [4.69, 9.17) is 14.6 Å². The molecule has 3 aromatic carbocycles. The van der Waals surface area contributed by atoms with Crippen molar-refractivity contribution < 1.29 is 19.4 Å². The Morgan fingerprint density at radius 1 is 1.00 bits per heavy atom. The molecule has 0 aliphatic carbocycles. The maximum absolute atomic E-state index is 11.0.